The van der Waals surface area contributed by atoms with Crippen LogP contribution in [-0.2, 0) is 31.0 Å². The molecule has 8 nitrogen and oxygen atoms in total. The van der Waals surface area contributed by atoms with Crippen molar-refractivity contribution in [1.29, 1.82) is 0 Å². The van der Waals surface area contributed by atoms with Gasteiger partial charge in [0.1, 0.15) is 22.8 Å². The van der Waals surface area contributed by atoms with E-state index in [0.29, 0.717) is 25.3 Å². The molecule has 1 unspecified atom stereocenters. The number of amides is 1. The van der Waals surface area contributed by atoms with Crippen LogP contribution in [-0.4, -0.2) is 44.5 Å². The van der Waals surface area contributed by atoms with Crippen LogP contribution in [0.4, 0.5) is 0 Å². The number of piperidine rings is 1. The van der Waals surface area contributed by atoms with E-state index in [1.54, 1.807) is 12.1 Å². The van der Waals surface area contributed by atoms with Gasteiger partial charge >= 0.3 is 0 Å². The van der Waals surface area contributed by atoms with Gasteiger partial charge in [0.2, 0.25) is 0 Å². The molecule has 0 aliphatic carbocycles. The largest absolute Gasteiger partial charge is 0.465 e. The van der Waals surface area contributed by atoms with Crippen molar-refractivity contribution in [3.8, 4) is 0 Å². The molecule has 1 aromatic carbocycles. The van der Waals surface area contributed by atoms with Crippen LogP contribution in [0.2, 0.25) is 0 Å². The van der Waals surface area contributed by atoms with Crippen molar-refractivity contribution in [3.63, 3.8) is 0 Å². The summed E-state index contributed by atoms with van der Waals surface area (Å²) in [7, 11) is 0. The quantitative estimate of drug-likeness (QED) is 0.682. The van der Waals surface area contributed by atoms with Crippen LogP contribution in [0.15, 0.2) is 46.9 Å². The Balaban J connectivity index is 1.23. The number of carbonyl (C=O) groups excluding carboxylic acids is 1. The minimum absolute atomic E-state index is 0.119. The lowest BCUT2D eigenvalue weighted by Gasteiger charge is -2.44. The molecule has 0 bridgehead atoms. The van der Waals surface area contributed by atoms with Crippen molar-refractivity contribution in [2.75, 3.05) is 13.1 Å². The van der Waals surface area contributed by atoms with Crippen molar-refractivity contribution in [2.45, 2.75) is 51.6 Å². The molecule has 1 atom stereocenters. The number of ether oxygens (including phenoxy) is 1. The topological polar surface area (TPSA) is 85.4 Å². The van der Waals surface area contributed by atoms with Gasteiger partial charge in [0.15, 0.2) is 0 Å². The van der Waals surface area contributed by atoms with E-state index in [4.69, 9.17) is 9.15 Å². The maximum atomic E-state index is 12.3. The smallest absolute Gasteiger partial charge is 0.251 e. The minimum atomic E-state index is -0.259. The standard InChI is InChI=1S/C23H27N5O3/c1-17-8-9-19(31-17)13-27-11-5-10-23(15-27)16-28-21(14-30-23)20(25-26-28)12-24-22(29)18-6-3-2-4-7-18/h2-4,6-9H,5,10-16H2,1H3,(H,24,29). The van der Waals surface area contributed by atoms with Gasteiger partial charge in [-0.25, -0.2) is 4.68 Å². The average molecular weight is 422 g/mol. The van der Waals surface area contributed by atoms with E-state index in [-0.39, 0.29) is 11.5 Å². The summed E-state index contributed by atoms with van der Waals surface area (Å²) < 4.78 is 14.1. The van der Waals surface area contributed by atoms with Gasteiger partial charge < -0.3 is 14.5 Å². The molecule has 1 spiro atoms. The van der Waals surface area contributed by atoms with Crippen molar-refractivity contribution in [1.82, 2.24) is 25.2 Å². The van der Waals surface area contributed by atoms with E-state index in [9.17, 15) is 4.79 Å². The summed E-state index contributed by atoms with van der Waals surface area (Å²) in [6.07, 6.45) is 2.07. The number of hydrogen-bond acceptors (Lipinski definition) is 6. The minimum Gasteiger partial charge on any atom is -0.465 e. The maximum absolute atomic E-state index is 12.3. The molecule has 162 valence electrons. The SMILES string of the molecule is Cc1ccc(CN2CCCC3(C2)Cn2nnc(CNC(=O)c4ccccc4)c2CO3)o1. The molecule has 1 saturated heterocycles. The zero-order chi connectivity index (χ0) is 21.3. The molecule has 0 saturated carbocycles. The molecule has 1 N–H and O–H groups in total. The zero-order valence-corrected chi connectivity index (χ0v) is 17.7. The number of likely N-dealkylation sites (tertiary alicyclic amines) is 1. The van der Waals surface area contributed by atoms with E-state index >= 15 is 0 Å². The van der Waals surface area contributed by atoms with Gasteiger partial charge in [-0.2, -0.15) is 0 Å². The number of hydrogen-bond donors (Lipinski definition) is 1. The van der Waals surface area contributed by atoms with Crippen LogP contribution in [0.3, 0.4) is 0 Å². The van der Waals surface area contributed by atoms with E-state index in [1.165, 1.54) is 0 Å². The maximum Gasteiger partial charge on any atom is 0.251 e. The fraction of sp³-hybridized carbons (Fsp3) is 0.435. The summed E-state index contributed by atoms with van der Waals surface area (Å²) in [5, 5.41) is 11.6. The predicted molar refractivity (Wildman–Crippen MR) is 113 cm³/mol. The van der Waals surface area contributed by atoms with Crippen LogP contribution in [0.5, 0.6) is 0 Å². The number of nitrogens with zero attached hydrogens (tertiary/aromatic N) is 4. The Morgan fingerprint density at radius 2 is 2.06 bits per heavy atom. The highest BCUT2D eigenvalue weighted by molar-refractivity contribution is 5.94. The van der Waals surface area contributed by atoms with Crippen molar-refractivity contribution in [2.24, 2.45) is 0 Å². The van der Waals surface area contributed by atoms with Crippen LogP contribution in [0, 0.1) is 6.92 Å². The van der Waals surface area contributed by atoms with E-state index in [2.05, 4.69) is 20.5 Å². The lowest BCUT2D eigenvalue weighted by molar-refractivity contribution is -0.130. The van der Waals surface area contributed by atoms with Gasteiger partial charge in [-0.3, -0.25) is 9.69 Å². The summed E-state index contributed by atoms with van der Waals surface area (Å²) in [5.41, 5.74) is 2.08. The number of furan rings is 1. The second-order valence-electron chi connectivity index (χ2n) is 8.49. The Labute approximate surface area is 181 Å². The van der Waals surface area contributed by atoms with Crippen LogP contribution in [0.1, 0.15) is 46.1 Å². The highest BCUT2D eigenvalue weighted by atomic mass is 16.5. The molecule has 1 fully saturated rings. The van der Waals surface area contributed by atoms with Crippen molar-refractivity contribution in [3.05, 3.63) is 70.9 Å². The first kappa shape index (κ1) is 20.0. The molecule has 2 aliphatic heterocycles. The fourth-order valence-electron chi connectivity index (χ4n) is 4.55. The van der Waals surface area contributed by atoms with Crippen molar-refractivity contribution < 1.29 is 13.9 Å². The predicted octanol–water partition coefficient (Wildman–Crippen LogP) is 2.67. The molecule has 2 aliphatic rings. The Morgan fingerprint density at radius 3 is 2.87 bits per heavy atom. The van der Waals surface area contributed by atoms with Gasteiger partial charge in [-0.1, -0.05) is 23.4 Å². The molecule has 3 aromatic rings. The van der Waals surface area contributed by atoms with Crippen LogP contribution >= 0.6 is 0 Å². The summed E-state index contributed by atoms with van der Waals surface area (Å²) >= 11 is 0. The second kappa shape index (κ2) is 8.28. The molecule has 4 heterocycles. The number of aromatic nitrogens is 3. The highest BCUT2D eigenvalue weighted by Crippen LogP contribution is 2.33. The Hall–Kier alpha value is -2.97. The summed E-state index contributed by atoms with van der Waals surface area (Å²) in [6.45, 7) is 6.10. The van der Waals surface area contributed by atoms with E-state index < -0.39 is 0 Å². The molecule has 5 rings (SSSR count). The Bertz CT molecular complexity index is 1060. The van der Waals surface area contributed by atoms with Crippen LogP contribution in [0.25, 0.3) is 0 Å². The zero-order valence-electron chi connectivity index (χ0n) is 17.7. The third-order valence-electron chi connectivity index (χ3n) is 6.12. The van der Waals surface area contributed by atoms with Gasteiger partial charge in [0.25, 0.3) is 5.91 Å². The molecule has 2 aromatic heterocycles. The molecule has 1 amide bonds. The van der Waals surface area contributed by atoms with Crippen LogP contribution < -0.4 is 5.32 Å². The molecular weight excluding hydrogens is 394 g/mol. The third-order valence-corrected chi connectivity index (χ3v) is 6.12. The van der Waals surface area contributed by atoms with Gasteiger partial charge in [-0.15, -0.1) is 5.10 Å². The van der Waals surface area contributed by atoms with Gasteiger partial charge in [0.05, 0.1) is 31.9 Å². The van der Waals surface area contributed by atoms with E-state index in [0.717, 1.165) is 55.4 Å². The first-order valence-corrected chi connectivity index (χ1v) is 10.8. The van der Waals surface area contributed by atoms with Gasteiger partial charge in [-0.05, 0) is 50.6 Å². The lowest BCUT2D eigenvalue weighted by Crippen LogP contribution is -2.54. The Morgan fingerprint density at radius 1 is 1.19 bits per heavy atom. The Kier molecular flexibility index (Phi) is 5.33. The number of rotatable bonds is 5. The van der Waals surface area contributed by atoms with Gasteiger partial charge in [0, 0.05) is 12.1 Å². The molecule has 0 radical (unpaired) electrons. The number of aryl methyl sites for hydroxylation is 1. The average Bonchev–Trinajstić information content (AvgIpc) is 3.37. The summed E-state index contributed by atoms with van der Waals surface area (Å²) in [5.74, 6) is 1.81. The monoisotopic (exact) mass is 421 g/mol. The first-order valence-electron chi connectivity index (χ1n) is 10.8. The summed E-state index contributed by atoms with van der Waals surface area (Å²) in [4.78, 5) is 14.7. The molecular formula is C23H27N5O3. The van der Waals surface area contributed by atoms with Crippen molar-refractivity contribution >= 4 is 5.91 Å². The number of nitrogens with one attached hydrogen (secondary N) is 1. The number of benzene rings is 1. The lowest BCUT2D eigenvalue weighted by atomic mass is 9.91. The highest BCUT2D eigenvalue weighted by Gasteiger charge is 2.41. The third kappa shape index (κ3) is 4.26. The normalized spacial score (nSPS) is 21.2. The molecule has 31 heavy (non-hydrogen) atoms. The molecule has 8 heteroatoms. The summed E-state index contributed by atoms with van der Waals surface area (Å²) in [6, 6.07) is 13.2. The second-order valence-corrected chi connectivity index (χ2v) is 8.49. The number of carbonyl (C=O) groups is 1. The van der Waals surface area contributed by atoms with E-state index in [1.807, 2.05) is 41.9 Å². The number of fused-ring (bicyclic) bond motifs is 1. The first-order chi connectivity index (χ1) is 15.1. The fourth-order valence-corrected chi connectivity index (χ4v) is 4.55.